The Morgan fingerprint density at radius 3 is 2.72 bits per heavy atom. The van der Waals surface area contributed by atoms with Crippen LogP contribution >= 0.6 is 0 Å². The molecule has 10 heteroatoms. The lowest BCUT2D eigenvalue weighted by molar-refractivity contribution is -0.170. The van der Waals surface area contributed by atoms with Gasteiger partial charge < -0.3 is 20.1 Å². The molecule has 0 aromatic heterocycles. The van der Waals surface area contributed by atoms with Crippen molar-refractivity contribution in [3.05, 3.63) is 24.1 Å². The van der Waals surface area contributed by atoms with E-state index in [0.29, 0.717) is 18.2 Å². The van der Waals surface area contributed by atoms with Crippen molar-refractivity contribution in [3.8, 4) is 0 Å². The number of halogens is 3. The summed E-state index contributed by atoms with van der Waals surface area (Å²) in [5.74, 6) is -1.82. The van der Waals surface area contributed by atoms with E-state index in [2.05, 4.69) is 4.99 Å². The average molecular weight is 361 g/mol. The lowest BCUT2D eigenvalue weighted by atomic mass is 10.1. The Kier molecular flexibility index (Phi) is 5.39. The third-order valence-corrected chi connectivity index (χ3v) is 3.70. The molecule has 0 saturated carbocycles. The predicted molar refractivity (Wildman–Crippen MR) is 81.6 cm³/mol. The topological polar surface area (TPSA) is 91.2 Å². The number of amides is 1. The molecule has 2 aliphatic rings. The quantitative estimate of drug-likeness (QED) is 0.747. The minimum absolute atomic E-state index is 0.360. The summed E-state index contributed by atoms with van der Waals surface area (Å²) in [5, 5.41) is 10.4. The third kappa shape index (κ3) is 4.12. The van der Waals surface area contributed by atoms with Gasteiger partial charge in [0, 0.05) is 6.20 Å². The second-order valence-electron chi connectivity index (χ2n) is 5.55. The molecular formula is C15H18F3N3O4. The van der Waals surface area contributed by atoms with Crippen LogP contribution in [-0.4, -0.2) is 58.6 Å². The second kappa shape index (κ2) is 7.16. The van der Waals surface area contributed by atoms with Crippen LogP contribution in [0.5, 0.6) is 0 Å². The fraction of sp³-hybridized carbons (Fsp3) is 0.533. The van der Waals surface area contributed by atoms with Gasteiger partial charge >= 0.3 is 12.1 Å². The summed E-state index contributed by atoms with van der Waals surface area (Å²) in [4.78, 5) is 28.8. The van der Waals surface area contributed by atoms with Gasteiger partial charge in [-0.1, -0.05) is 0 Å². The third-order valence-electron chi connectivity index (χ3n) is 3.70. The molecule has 3 unspecified atom stereocenters. The summed E-state index contributed by atoms with van der Waals surface area (Å²) < 4.78 is 44.3. The van der Waals surface area contributed by atoms with Crippen molar-refractivity contribution in [1.29, 1.82) is 0 Å². The van der Waals surface area contributed by atoms with Crippen LogP contribution in [0.1, 0.15) is 20.3 Å². The van der Waals surface area contributed by atoms with Gasteiger partial charge in [-0.15, -0.1) is 0 Å². The van der Waals surface area contributed by atoms with Crippen LogP contribution in [-0.2, 0) is 14.3 Å². The number of carbonyl (C=O) groups is 2. The number of alkyl halides is 3. The van der Waals surface area contributed by atoms with Gasteiger partial charge in [0.25, 0.3) is 0 Å². The molecule has 0 radical (unpaired) electrons. The molecule has 2 heterocycles. The Hall–Kier alpha value is -2.52. The number of carbonyl (C=O) groups excluding carboxylic acids is 1. The SMILES string of the molecule is CCOC1=CC=CN2C1=NC(C)C2C(=O)NC(CC(=O)O)C(F)(F)F. The Morgan fingerprint density at radius 1 is 1.48 bits per heavy atom. The van der Waals surface area contributed by atoms with Gasteiger partial charge in [-0.25, -0.2) is 0 Å². The molecule has 2 aliphatic heterocycles. The normalized spacial score (nSPS) is 23.5. The Balaban J connectivity index is 2.16. The summed E-state index contributed by atoms with van der Waals surface area (Å²) in [6, 6.07) is -4.11. The van der Waals surface area contributed by atoms with Crippen LogP contribution in [0.15, 0.2) is 29.1 Å². The zero-order valence-electron chi connectivity index (χ0n) is 13.6. The molecule has 7 nitrogen and oxygen atoms in total. The van der Waals surface area contributed by atoms with E-state index in [0.717, 1.165) is 0 Å². The van der Waals surface area contributed by atoms with Gasteiger partial charge in [-0.3, -0.25) is 14.6 Å². The molecule has 138 valence electrons. The summed E-state index contributed by atoms with van der Waals surface area (Å²) >= 11 is 0. The van der Waals surface area contributed by atoms with Crippen molar-refractivity contribution in [2.75, 3.05) is 6.61 Å². The first kappa shape index (κ1) is 18.8. The lowest BCUT2D eigenvalue weighted by Gasteiger charge is -2.29. The first-order chi connectivity index (χ1) is 11.6. The van der Waals surface area contributed by atoms with Crippen LogP contribution in [0, 0.1) is 0 Å². The monoisotopic (exact) mass is 361 g/mol. The highest BCUT2D eigenvalue weighted by Gasteiger charge is 2.46. The molecule has 0 saturated heterocycles. The zero-order valence-corrected chi connectivity index (χ0v) is 13.6. The molecule has 0 fully saturated rings. The minimum atomic E-state index is -4.87. The molecule has 0 bridgehead atoms. The second-order valence-corrected chi connectivity index (χ2v) is 5.55. The lowest BCUT2D eigenvalue weighted by Crippen LogP contribution is -2.55. The predicted octanol–water partition coefficient (Wildman–Crippen LogP) is 1.43. The molecule has 1 amide bonds. The van der Waals surface area contributed by atoms with Gasteiger partial charge in [0.2, 0.25) is 5.91 Å². The van der Waals surface area contributed by atoms with E-state index in [4.69, 9.17) is 9.84 Å². The number of rotatable bonds is 6. The summed E-state index contributed by atoms with van der Waals surface area (Å²) in [6.45, 7) is 3.73. The maximum Gasteiger partial charge on any atom is 0.409 e. The fourth-order valence-corrected chi connectivity index (χ4v) is 2.64. The first-order valence-electron chi connectivity index (χ1n) is 7.61. The van der Waals surface area contributed by atoms with Crippen molar-refractivity contribution in [3.63, 3.8) is 0 Å². The number of aliphatic carboxylic acids is 1. The van der Waals surface area contributed by atoms with Crippen molar-refractivity contribution >= 4 is 17.7 Å². The number of aliphatic imine (C=N–C) groups is 1. The molecule has 0 aromatic rings. The van der Waals surface area contributed by atoms with Gasteiger partial charge in [0.1, 0.15) is 12.1 Å². The molecule has 0 aromatic carbocycles. The Bertz CT molecular complexity index is 642. The van der Waals surface area contributed by atoms with Gasteiger partial charge in [-0.2, -0.15) is 13.2 Å². The van der Waals surface area contributed by atoms with E-state index in [-0.39, 0.29) is 0 Å². The molecule has 3 atom stereocenters. The maximum absolute atomic E-state index is 13.0. The summed E-state index contributed by atoms with van der Waals surface area (Å²) in [5.41, 5.74) is 0. The largest absolute Gasteiger partial charge is 0.490 e. The van der Waals surface area contributed by atoms with Crippen molar-refractivity contribution < 1.29 is 32.6 Å². The molecule has 2 N–H and O–H groups in total. The maximum atomic E-state index is 13.0. The number of allylic oxidation sites excluding steroid dienone is 2. The van der Waals surface area contributed by atoms with Crippen LogP contribution in [0.4, 0.5) is 13.2 Å². The van der Waals surface area contributed by atoms with E-state index in [1.54, 1.807) is 31.3 Å². The molecule has 2 rings (SSSR count). The molecule has 0 spiro atoms. The fourth-order valence-electron chi connectivity index (χ4n) is 2.64. The number of ether oxygens (including phenoxy) is 1. The summed E-state index contributed by atoms with van der Waals surface area (Å²) in [7, 11) is 0. The highest BCUT2D eigenvalue weighted by atomic mass is 19.4. The van der Waals surface area contributed by atoms with Crippen LogP contribution in [0.2, 0.25) is 0 Å². The van der Waals surface area contributed by atoms with Crippen molar-refractivity contribution in [2.45, 2.75) is 44.6 Å². The Labute approximate surface area is 141 Å². The van der Waals surface area contributed by atoms with Crippen LogP contribution < -0.4 is 5.32 Å². The molecule has 25 heavy (non-hydrogen) atoms. The average Bonchev–Trinajstić information content (AvgIpc) is 2.82. The van der Waals surface area contributed by atoms with Crippen molar-refractivity contribution in [2.24, 2.45) is 4.99 Å². The van der Waals surface area contributed by atoms with E-state index >= 15 is 0 Å². The number of hydrogen-bond donors (Lipinski definition) is 2. The number of nitrogens with zero attached hydrogens (tertiary/aromatic N) is 2. The Morgan fingerprint density at radius 2 is 2.16 bits per heavy atom. The van der Waals surface area contributed by atoms with E-state index in [1.807, 2.05) is 0 Å². The van der Waals surface area contributed by atoms with Crippen LogP contribution in [0.25, 0.3) is 0 Å². The van der Waals surface area contributed by atoms with Gasteiger partial charge in [0.05, 0.1) is 19.1 Å². The van der Waals surface area contributed by atoms with Crippen LogP contribution in [0.3, 0.4) is 0 Å². The molecule has 0 aliphatic carbocycles. The van der Waals surface area contributed by atoms with E-state index in [1.165, 1.54) is 11.1 Å². The standard InChI is InChI=1S/C15H18F3N3O4/c1-3-25-9-5-4-6-21-12(8(2)19-13(9)21)14(24)20-10(7-11(22)23)15(16,17)18/h4-6,8,10,12H,3,7H2,1-2H3,(H,20,24)(H,22,23). The number of hydrogen-bond acceptors (Lipinski definition) is 5. The summed E-state index contributed by atoms with van der Waals surface area (Å²) in [6.07, 6.45) is -1.35. The van der Waals surface area contributed by atoms with E-state index in [9.17, 15) is 22.8 Å². The number of fused-ring (bicyclic) bond motifs is 1. The number of nitrogens with one attached hydrogen (secondary N) is 1. The van der Waals surface area contributed by atoms with E-state index < -0.39 is 42.6 Å². The van der Waals surface area contributed by atoms with Gasteiger partial charge in [0.15, 0.2) is 11.6 Å². The number of carboxylic acids is 1. The first-order valence-corrected chi connectivity index (χ1v) is 7.61. The molecular weight excluding hydrogens is 343 g/mol. The number of amidine groups is 1. The minimum Gasteiger partial charge on any atom is -0.490 e. The van der Waals surface area contributed by atoms with Crippen molar-refractivity contribution in [1.82, 2.24) is 10.2 Å². The highest BCUT2D eigenvalue weighted by molar-refractivity contribution is 6.03. The number of carboxylic acid groups (broad SMARTS) is 1. The highest BCUT2D eigenvalue weighted by Crippen LogP contribution is 2.27. The smallest absolute Gasteiger partial charge is 0.409 e. The van der Waals surface area contributed by atoms with Gasteiger partial charge in [-0.05, 0) is 26.0 Å². The zero-order chi connectivity index (χ0) is 18.8.